The number of aryl methyl sites for hydroxylation is 1. The lowest BCUT2D eigenvalue weighted by Crippen LogP contribution is -2.30. The van der Waals surface area contributed by atoms with Gasteiger partial charge in [-0.1, -0.05) is 24.3 Å². The normalized spacial score (nSPS) is 19.9. The minimum atomic E-state index is -2.48. The molecule has 1 saturated carbocycles. The van der Waals surface area contributed by atoms with Crippen LogP contribution in [0.5, 0.6) is 0 Å². The van der Waals surface area contributed by atoms with Gasteiger partial charge < -0.3 is 14.6 Å². The van der Waals surface area contributed by atoms with Crippen molar-refractivity contribution < 1.29 is 18.0 Å². The van der Waals surface area contributed by atoms with Crippen LogP contribution in [0.3, 0.4) is 0 Å². The van der Waals surface area contributed by atoms with Crippen LogP contribution in [0, 0.1) is 6.92 Å². The zero-order chi connectivity index (χ0) is 21.8. The van der Waals surface area contributed by atoms with E-state index in [0.717, 1.165) is 30.2 Å². The Hall–Kier alpha value is -3.03. The summed E-state index contributed by atoms with van der Waals surface area (Å²) in [7, 11) is 0. The lowest BCUT2D eigenvalue weighted by Gasteiger charge is -2.17. The van der Waals surface area contributed by atoms with E-state index in [1.54, 1.807) is 17.0 Å². The molecular formula is C23H24F2N4O2. The number of hydrogen-bond acceptors (Lipinski definition) is 5. The predicted octanol–water partition coefficient (Wildman–Crippen LogP) is 5.06. The van der Waals surface area contributed by atoms with Crippen LogP contribution in [0.15, 0.2) is 34.7 Å². The Kier molecular flexibility index (Phi) is 4.68. The van der Waals surface area contributed by atoms with Crippen molar-refractivity contribution in [2.24, 2.45) is 0 Å². The minimum Gasteiger partial charge on any atom is -0.443 e. The van der Waals surface area contributed by atoms with Crippen LogP contribution < -0.4 is 5.32 Å². The van der Waals surface area contributed by atoms with Gasteiger partial charge in [-0.05, 0) is 44.7 Å². The number of rotatable bonds is 5. The molecule has 2 aromatic heterocycles. The first-order valence-corrected chi connectivity index (χ1v) is 10.5. The van der Waals surface area contributed by atoms with E-state index in [1.807, 2.05) is 13.0 Å². The maximum absolute atomic E-state index is 13.2. The second kappa shape index (κ2) is 7.28. The van der Waals surface area contributed by atoms with Crippen LogP contribution in [0.4, 0.5) is 14.6 Å². The number of nitrogens with one attached hydrogen (secondary N) is 1. The zero-order valence-electron chi connectivity index (χ0n) is 17.5. The number of carbonyl (C=O) groups is 1. The number of anilines is 1. The summed E-state index contributed by atoms with van der Waals surface area (Å²) in [6.07, 6.45) is 0.396. The van der Waals surface area contributed by atoms with Gasteiger partial charge >= 0.3 is 0 Å². The third-order valence-corrected chi connectivity index (χ3v) is 6.26. The van der Waals surface area contributed by atoms with Crippen LogP contribution in [0.2, 0.25) is 0 Å². The highest BCUT2D eigenvalue weighted by Gasteiger charge is 2.38. The highest BCUT2D eigenvalue weighted by molar-refractivity contribution is 5.95. The molecule has 8 heteroatoms. The predicted molar refractivity (Wildman–Crippen MR) is 112 cm³/mol. The number of amides is 1. The molecule has 31 heavy (non-hydrogen) atoms. The topological polar surface area (TPSA) is 71.3 Å². The summed E-state index contributed by atoms with van der Waals surface area (Å²) in [5, 5.41) is 4.22. The maximum atomic E-state index is 13.2. The number of benzene rings is 1. The SMILES string of the molecule is Cc1cc2c(NC3(C)CC3)nc(C(=O)N3CCC(c4ccc(C(F)F)cc4)C3)nc2o1. The van der Waals surface area contributed by atoms with Gasteiger partial charge in [-0.25, -0.2) is 13.8 Å². The van der Waals surface area contributed by atoms with Crippen molar-refractivity contribution in [3.05, 3.63) is 53.0 Å². The van der Waals surface area contributed by atoms with Crippen LogP contribution >= 0.6 is 0 Å². The van der Waals surface area contributed by atoms with Crippen molar-refractivity contribution in [2.75, 3.05) is 18.4 Å². The summed E-state index contributed by atoms with van der Waals surface area (Å²) in [6, 6.07) is 8.25. The number of alkyl halides is 2. The fraction of sp³-hybridized carbons (Fsp3) is 0.435. The van der Waals surface area contributed by atoms with Gasteiger partial charge in [-0.2, -0.15) is 4.98 Å². The average Bonchev–Trinajstić information content (AvgIpc) is 3.14. The van der Waals surface area contributed by atoms with Crippen LogP contribution in [-0.2, 0) is 0 Å². The van der Waals surface area contributed by atoms with E-state index in [0.29, 0.717) is 30.4 Å². The van der Waals surface area contributed by atoms with Gasteiger partial charge in [0.25, 0.3) is 12.3 Å². The molecule has 2 fully saturated rings. The molecule has 3 aromatic rings. The molecule has 1 aliphatic heterocycles. The van der Waals surface area contributed by atoms with Gasteiger partial charge in [0, 0.05) is 30.1 Å². The molecule has 0 bridgehead atoms. The minimum absolute atomic E-state index is 0.00406. The fourth-order valence-corrected chi connectivity index (χ4v) is 4.10. The van der Waals surface area contributed by atoms with Gasteiger partial charge in [0.15, 0.2) is 0 Å². The molecule has 1 saturated heterocycles. The summed E-state index contributed by atoms with van der Waals surface area (Å²) in [5.41, 5.74) is 1.37. The first-order valence-electron chi connectivity index (χ1n) is 10.5. The Bertz CT molecular complexity index is 1140. The van der Waals surface area contributed by atoms with Crippen molar-refractivity contribution in [1.29, 1.82) is 0 Å². The standard InChI is InChI=1S/C23H24F2N4O2/c1-13-11-17-19(28-23(2)8-9-23)26-20(27-21(17)31-13)22(30)29-10-7-16(12-29)14-3-5-15(6-4-14)18(24)25/h3-6,11,16,18H,7-10,12H2,1-2H3,(H,26,27,28). The smallest absolute Gasteiger partial charge is 0.291 e. The number of nitrogens with zero attached hydrogens (tertiary/aromatic N) is 3. The molecule has 2 aliphatic rings. The highest BCUT2D eigenvalue weighted by atomic mass is 19.3. The Morgan fingerprint density at radius 2 is 2.00 bits per heavy atom. The van der Waals surface area contributed by atoms with E-state index in [9.17, 15) is 13.6 Å². The number of fused-ring (bicyclic) bond motifs is 1. The van der Waals surface area contributed by atoms with E-state index in [-0.39, 0.29) is 28.8 Å². The summed E-state index contributed by atoms with van der Waals surface area (Å²) < 4.78 is 31.3. The summed E-state index contributed by atoms with van der Waals surface area (Å²) >= 11 is 0. The summed E-state index contributed by atoms with van der Waals surface area (Å²) in [4.78, 5) is 23.9. The highest BCUT2D eigenvalue weighted by Crippen LogP contribution is 2.39. The largest absolute Gasteiger partial charge is 0.443 e. The summed E-state index contributed by atoms with van der Waals surface area (Å²) in [5.74, 6) is 1.32. The number of carbonyl (C=O) groups excluding carboxylic acids is 1. The van der Waals surface area contributed by atoms with E-state index < -0.39 is 6.43 Å². The lowest BCUT2D eigenvalue weighted by atomic mass is 9.97. The number of furan rings is 1. The molecule has 1 aliphatic carbocycles. The molecule has 0 spiro atoms. The van der Waals surface area contributed by atoms with Crippen molar-refractivity contribution in [3.63, 3.8) is 0 Å². The van der Waals surface area contributed by atoms with Gasteiger partial charge in [0.05, 0.1) is 5.39 Å². The van der Waals surface area contributed by atoms with Gasteiger partial charge in [-0.15, -0.1) is 0 Å². The molecule has 5 rings (SSSR count). The average molecular weight is 426 g/mol. The fourth-order valence-electron chi connectivity index (χ4n) is 4.10. The molecular weight excluding hydrogens is 402 g/mol. The Labute approximate surface area is 178 Å². The van der Waals surface area contributed by atoms with Crippen LogP contribution in [0.25, 0.3) is 11.1 Å². The number of halogens is 2. The van der Waals surface area contributed by atoms with E-state index in [1.165, 1.54) is 12.1 Å². The molecule has 162 valence electrons. The van der Waals surface area contributed by atoms with Crippen molar-refractivity contribution in [1.82, 2.24) is 14.9 Å². The van der Waals surface area contributed by atoms with Crippen LogP contribution in [-0.4, -0.2) is 39.4 Å². The number of hydrogen-bond donors (Lipinski definition) is 1. The van der Waals surface area contributed by atoms with Gasteiger partial charge in [0.1, 0.15) is 11.6 Å². The number of aromatic nitrogens is 2. The molecule has 6 nitrogen and oxygen atoms in total. The van der Waals surface area contributed by atoms with Gasteiger partial charge in [-0.3, -0.25) is 4.79 Å². The molecule has 1 atom stereocenters. The van der Waals surface area contributed by atoms with Crippen molar-refractivity contribution in [2.45, 2.75) is 51.0 Å². The second-order valence-corrected chi connectivity index (χ2v) is 8.86. The Morgan fingerprint density at radius 3 is 2.68 bits per heavy atom. The number of likely N-dealkylation sites (tertiary alicyclic amines) is 1. The molecule has 1 amide bonds. The summed E-state index contributed by atoms with van der Waals surface area (Å²) in [6.45, 7) is 5.04. The molecule has 1 N–H and O–H groups in total. The first kappa shape index (κ1) is 19.9. The molecule has 1 aromatic carbocycles. The van der Waals surface area contributed by atoms with Crippen molar-refractivity contribution >= 4 is 22.8 Å². The monoisotopic (exact) mass is 426 g/mol. The van der Waals surface area contributed by atoms with E-state index in [2.05, 4.69) is 22.2 Å². The first-order chi connectivity index (χ1) is 14.8. The zero-order valence-corrected chi connectivity index (χ0v) is 17.5. The van der Waals surface area contributed by atoms with E-state index in [4.69, 9.17) is 4.42 Å². The maximum Gasteiger partial charge on any atom is 0.291 e. The van der Waals surface area contributed by atoms with E-state index >= 15 is 0 Å². The molecule has 3 heterocycles. The van der Waals surface area contributed by atoms with Gasteiger partial charge in [0.2, 0.25) is 11.5 Å². The third-order valence-electron chi connectivity index (χ3n) is 6.26. The Morgan fingerprint density at radius 1 is 1.26 bits per heavy atom. The Balaban J connectivity index is 1.37. The second-order valence-electron chi connectivity index (χ2n) is 8.86. The molecule has 0 radical (unpaired) electrons. The molecule has 1 unspecified atom stereocenters. The van der Waals surface area contributed by atoms with Crippen LogP contribution in [0.1, 0.15) is 66.0 Å². The third kappa shape index (κ3) is 3.86. The lowest BCUT2D eigenvalue weighted by molar-refractivity contribution is 0.0779. The van der Waals surface area contributed by atoms with Crippen molar-refractivity contribution in [3.8, 4) is 0 Å². The quantitative estimate of drug-likeness (QED) is 0.617.